The third-order valence-electron chi connectivity index (χ3n) is 8.20. The molecule has 5 aliphatic carbocycles. The average Bonchev–Trinajstić information content (AvgIpc) is 3.04. The molecule has 0 saturated heterocycles. The summed E-state index contributed by atoms with van der Waals surface area (Å²) in [7, 11) is 0. The molecular formula is C21H34HfNOSi. The van der Waals surface area contributed by atoms with Gasteiger partial charge < -0.3 is 0 Å². The normalized spacial score (nSPS) is 39.2. The summed E-state index contributed by atoms with van der Waals surface area (Å²) in [6.07, 6.45) is 6.54. The molecule has 0 aromatic rings. The van der Waals surface area contributed by atoms with Crippen molar-refractivity contribution in [3.05, 3.63) is 20.0 Å². The van der Waals surface area contributed by atoms with Crippen LogP contribution in [0.25, 0.3) is 0 Å². The molecule has 4 fully saturated rings. The van der Waals surface area contributed by atoms with Gasteiger partial charge in [0.05, 0.1) is 0 Å². The molecule has 0 heterocycles. The number of rotatable bonds is 4. The summed E-state index contributed by atoms with van der Waals surface area (Å²) in [6.45, 7) is 14.3. The fourth-order valence-corrected chi connectivity index (χ4v) is 29.2. The third kappa shape index (κ3) is 2.68. The third-order valence-corrected chi connectivity index (χ3v) is 32.3. The number of amides is 1. The standard InChI is InChI=1S/C10H15NO.C9H13.C2H7Si.Hf/c11-9(12)10-4-6-1-7(5-10)3-8(10)2-6;1-6-5-7(2)9(4)8(6)3;1-3-2;/h6-8H,1-5H2,(H2,11,12);6H,1-4H3;3H,1-2H3;/q;;;+1/p-1. The van der Waals surface area contributed by atoms with E-state index in [1.54, 1.807) is 14.5 Å². The van der Waals surface area contributed by atoms with Crippen molar-refractivity contribution in [1.82, 2.24) is 3.30 Å². The van der Waals surface area contributed by atoms with Gasteiger partial charge in [-0.2, -0.15) is 0 Å². The van der Waals surface area contributed by atoms with Gasteiger partial charge >= 0.3 is 163 Å². The molecule has 4 bridgehead atoms. The van der Waals surface area contributed by atoms with Crippen molar-refractivity contribution in [2.45, 2.75) is 72.9 Å². The molecular weight excluding hydrogens is 489 g/mol. The van der Waals surface area contributed by atoms with E-state index in [1.807, 2.05) is 0 Å². The molecule has 5 rings (SSSR count). The van der Waals surface area contributed by atoms with Crippen LogP contribution in [-0.2, 0) is 25.7 Å². The summed E-state index contributed by atoms with van der Waals surface area (Å²) in [5.74, 6) is 2.74. The van der Waals surface area contributed by atoms with E-state index in [1.165, 1.54) is 37.7 Å². The van der Waals surface area contributed by atoms with Crippen molar-refractivity contribution in [1.29, 1.82) is 0 Å². The van der Waals surface area contributed by atoms with Crippen molar-refractivity contribution < 1.29 is 25.7 Å². The van der Waals surface area contributed by atoms with Crippen LogP contribution in [0.2, 0.25) is 13.1 Å². The summed E-state index contributed by atoms with van der Waals surface area (Å²) in [6, 6.07) is 0. The molecule has 3 atom stereocenters. The Kier molecular flexibility index (Phi) is 4.63. The van der Waals surface area contributed by atoms with Crippen LogP contribution < -0.4 is 3.30 Å². The van der Waals surface area contributed by atoms with E-state index in [9.17, 15) is 4.79 Å². The Labute approximate surface area is 162 Å². The second-order valence-corrected chi connectivity index (χ2v) is 35.1. The Morgan fingerprint density at radius 3 is 2.16 bits per heavy atom. The molecule has 3 unspecified atom stereocenters. The Morgan fingerprint density at radius 1 is 1.08 bits per heavy atom. The van der Waals surface area contributed by atoms with E-state index >= 15 is 0 Å². The number of allylic oxidation sites excluding steroid dienone is 4. The van der Waals surface area contributed by atoms with Gasteiger partial charge in [-0.3, -0.25) is 0 Å². The van der Waals surface area contributed by atoms with E-state index in [-0.39, 0.29) is 5.41 Å². The van der Waals surface area contributed by atoms with Gasteiger partial charge in [0.25, 0.3) is 0 Å². The number of hydrogen-bond donors (Lipinski definition) is 1. The van der Waals surface area contributed by atoms with Crippen LogP contribution in [0.15, 0.2) is 20.0 Å². The molecule has 4 heteroatoms. The first kappa shape index (κ1) is 18.4. The summed E-state index contributed by atoms with van der Waals surface area (Å²) < 4.78 is 5.60. The zero-order valence-corrected chi connectivity index (χ0v) is 21.6. The molecule has 2 nitrogen and oxygen atoms in total. The second-order valence-electron chi connectivity index (χ2n) is 9.79. The molecule has 5 aliphatic rings. The van der Waals surface area contributed by atoms with Gasteiger partial charge in [0, 0.05) is 0 Å². The van der Waals surface area contributed by atoms with Gasteiger partial charge in [0.2, 0.25) is 0 Å². The van der Waals surface area contributed by atoms with Crippen LogP contribution in [-0.4, -0.2) is 11.9 Å². The molecule has 25 heavy (non-hydrogen) atoms. The van der Waals surface area contributed by atoms with Crippen LogP contribution in [0.1, 0.15) is 59.8 Å². The monoisotopic (exact) mass is 524 g/mol. The molecule has 0 spiro atoms. The van der Waals surface area contributed by atoms with E-state index in [0.29, 0.717) is 11.8 Å². The topological polar surface area (TPSA) is 29.1 Å². The van der Waals surface area contributed by atoms with Crippen molar-refractivity contribution in [2.24, 2.45) is 29.1 Å². The maximum atomic E-state index is 13.6. The minimum atomic E-state index is -2.24. The van der Waals surface area contributed by atoms with Crippen molar-refractivity contribution in [2.75, 3.05) is 0 Å². The Hall–Kier alpha value is 0.0370. The van der Waals surface area contributed by atoms with Gasteiger partial charge in [-0.15, -0.1) is 0 Å². The van der Waals surface area contributed by atoms with Crippen LogP contribution in [0.3, 0.4) is 0 Å². The number of hydrogen-bond acceptors (Lipinski definition) is 1. The van der Waals surface area contributed by atoms with E-state index in [2.05, 4.69) is 44.1 Å². The predicted molar refractivity (Wildman–Crippen MR) is 103 cm³/mol. The Balaban J connectivity index is 1.59. The van der Waals surface area contributed by atoms with Crippen LogP contribution >= 0.6 is 0 Å². The number of carbonyl (C=O) groups is 1. The van der Waals surface area contributed by atoms with Crippen LogP contribution in [0, 0.1) is 29.1 Å². The van der Waals surface area contributed by atoms with Gasteiger partial charge in [-0.25, -0.2) is 0 Å². The summed E-state index contributed by atoms with van der Waals surface area (Å²) in [4.78, 5) is 13.6. The summed E-state index contributed by atoms with van der Waals surface area (Å²) >= 11 is -2.24. The van der Waals surface area contributed by atoms with Gasteiger partial charge in [0.15, 0.2) is 0 Å². The molecule has 4 saturated carbocycles. The van der Waals surface area contributed by atoms with Crippen molar-refractivity contribution in [3.63, 3.8) is 0 Å². The number of nitrogens with one attached hydrogen (secondary N) is 1. The molecule has 0 aromatic carbocycles. The van der Waals surface area contributed by atoms with Gasteiger partial charge in [0.1, 0.15) is 0 Å². The Bertz CT molecular complexity index is 665. The van der Waals surface area contributed by atoms with Crippen molar-refractivity contribution in [3.8, 4) is 0 Å². The fraction of sp³-hybridized carbons (Fsp3) is 0.762. The SMILES string of the molecule is CC1=C(C)C(C)[C]([Hf]([NH]C(=O)C23CC4CC(CC2C4)C3)[SiH](C)C)=C1C. The predicted octanol–water partition coefficient (Wildman–Crippen LogP) is 4.71. The zero-order valence-electron chi connectivity index (χ0n) is 16.8. The first-order valence-corrected chi connectivity index (χ1v) is 23.0. The summed E-state index contributed by atoms with van der Waals surface area (Å²) in [5, 5.41) is 0. The fourth-order valence-electron chi connectivity index (χ4n) is 6.74. The van der Waals surface area contributed by atoms with Gasteiger partial charge in [-0.1, -0.05) is 0 Å². The van der Waals surface area contributed by atoms with Crippen LogP contribution in [0.5, 0.6) is 0 Å². The second kappa shape index (κ2) is 6.29. The first-order valence-electron chi connectivity index (χ1n) is 10.3. The number of carbonyl (C=O) groups excluding carboxylic acids is 1. The van der Waals surface area contributed by atoms with E-state index in [0.717, 1.165) is 17.8 Å². The van der Waals surface area contributed by atoms with Crippen molar-refractivity contribution >= 4 is 11.9 Å². The van der Waals surface area contributed by atoms with Crippen LogP contribution in [0.4, 0.5) is 0 Å². The first-order chi connectivity index (χ1) is 11.7. The van der Waals surface area contributed by atoms with E-state index in [4.69, 9.17) is 0 Å². The minimum absolute atomic E-state index is 0.0562. The molecule has 1 N–H and O–H groups in total. The molecule has 0 aromatic heterocycles. The quantitative estimate of drug-likeness (QED) is 0.533. The molecule has 137 valence electrons. The Morgan fingerprint density at radius 2 is 1.68 bits per heavy atom. The van der Waals surface area contributed by atoms with E-state index < -0.39 is 26.9 Å². The summed E-state index contributed by atoms with van der Waals surface area (Å²) in [5.41, 5.74) is 4.66. The zero-order chi connectivity index (χ0) is 18.1. The average molecular weight is 523 g/mol. The molecule has 0 radical (unpaired) electrons. The molecule has 1 amide bonds. The maximum absolute atomic E-state index is 13.6. The van der Waals surface area contributed by atoms with Gasteiger partial charge in [-0.05, 0) is 0 Å². The molecule has 0 aliphatic heterocycles.